The van der Waals surface area contributed by atoms with E-state index in [1.807, 2.05) is 0 Å². The highest BCUT2D eigenvalue weighted by Crippen LogP contribution is 2.46. The van der Waals surface area contributed by atoms with Crippen molar-refractivity contribution in [3.8, 4) is 0 Å². The van der Waals surface area contributed by atoms with Crippen molar-refractivity contribution in [2.45, 2.75) is 38.6 Å². The molecule has 23 heavy (non-hydrogen) atoms. The van der Waals surface area contributed by atoms with Gasteiger partial charge in [0.15, 0.2) is 0 Å². The molecule has 1 aromatic rings. The highest BCUT2D eigenvalue weighted by molar-refractivity contribution is 6.08. The first-order valence-corrected chi connectivity index (χ1v) is 7.86. The van der Waals surface area contributed by atoms with Gasteiger partial charge in [0.1, 0.15) is 12.4 Å². The first-order valence-electron chi connectivity index (χ1n) is 7.86. The zero-order chi connectivity index (χ0) is 16.4. The second kappa shape index (κ2) is 6.10. The lowest BCUT2D eigenvalue weighted by molar-refractivity contribution is -0.144. The van der Waals surface area contributed by atoms with Gasteiger partial charge in [0.05, 0.1) is 5.41 Å². The largest absolute Gasteiger partial charge is 0.350 e. The van der Waals surface area contributed by atoms with Gasteiger partial charge in [-0.25, -0.2) is 4.39 Å². The topological polar surface area (TPSA) is 66.5 Å². The highest BCUT2D eigenvalue weighted by atomic mass is 19.1. The number of carbonyl (C=O) groups is 3. The summed E-state index contributed by atoms with van der Waals surface area (Å²) in [6.07, 6.45) is 3.64. The summed E-state index contributed by atoms with van der Waals surface area (Å²) in [7, 11) is 0. The molecule has 1 spiro atoms. The van der Waals surface area contributed by atoms with E-state index >= 15 is 0 Å². The Hall–Kier alpha value is -2.24. The van der Waals surface area contributed by atoms with Crippen LogP contribution in [0.25, 0.3) is 0 Å². The Bertz CT molecular complexity index is 636. The minimum atomic E-state index is -0.547. The molecule has 1 aromatic carbocycles. The van der Waals surface area contributed by atoms with Gasteiger partial charge in [-0.1, -0.05) is 25.0 Å². The molecule has 1 saturated carbocycles. The van der Waals surface area contributed by atoms with Gasteiger partial charge in [-0.05, 0) is 30.5 Å². The van der Waals surface area contributed by atoms with Crippen LogP contribution in [0.4, 0.5) is 4.39 Å². The maximum atomic E-state index is 12.8. The molecule has 2 fully saturated rings. The van der Waals surface area contributed by atoms with Crippen molar-refractivity contribution < 1.29 is 18.8 Å². The third-order valence-corrected chi connectivity index (χ3v) is 4.75. The lowest BCUT2D eigenvalue weighted by Crippen LogP contribution is -2.42. The molecular formula is C17H19FN2O3. The minimum Gasteiger partial charge on any atom is -0.350 e. The van der Waals surface area contributed by atoms with Crippen molar-refractivity contribution in [3.63, 3.8) is 0 Å². The molecule has 1 aliphatic carbocycles. The monoisotopic (exact) mass is 318 g/mol. The van der Waals surface area contributed by atoms with Crippen LogP contribution in [0.15, 0.2) is 24.3 Å². The first kappa shape index (κ1) is 15.6. The van der Waals surface area contributed by atoms with Gasteiger partial charge < -0.3 is 5.32 Å². The molecule has 0 aromatic heterocycles. The molecule has 0 radical (unpaired) electrons. The summed E-state index contributed by atoms with van der Waals surface area (Å²) in [6.45, 7) is 0.00108. The normalized spacial score (nSPS) is 19.6. The van der Waals surface area contributed by atoms with Gasteiger partial charge in [0.25, 0.3) is 0 Å². The summed E-state index contributed by atoms with van der Waals surface area (Å²) in [5, 5.41) is 2.66. The predicted octanol–water partition coefficient (Wildman–Crippen LogP) is 1.76. The van der Waals surface area contributed by atoms with Crippen molar-refractivity contribution >= 4 is 17.7 Å². The number of likely N-dealkylation sites (tertiary alicyclic amines) is 1. The fourth-order valence-corrected chi connectivity index (χ4v) is 3.46. The van der Waals surface area contributed by atoms with E-state index in [2.05, 4.69) is 5.32 Å². The van der Waals surface area contributed by atoms with Crippen LogP contribution >= 0.6 is 0 Å². The van der Waals surface area contributed by atoms with Gasteiger partial charge in [-0.15, -0.1) is 0 Å². The minimum absolute atomic E-state index is 0.197. The predicted molar refractivity (Wildman–Crippen MR) is 80.5 cm³/mol. The Balaban J connectivity index is 1.56. The van der Waals surface area contributed by atoms with Gasteiger partial charge in [0.2, 0.25) is 17.7 Å². The summed E-state index contributed by atoms with van der Waals surface area (Å²) in [5.74, 6) is -1.17. The van der Waals surface area contributed by atoms with Gasteiger partial charge in [0, 0.05) is 13.0 Å². The summed E-state index contributed by atoms with van der Waals surface area (Å²) in [4.78, 5) is 37.6. The summed E-state index contributed by atoms with van der Waals surface area (Å²) in [6, 6.07) is 5.79. The van der Waals surface area contributed by atoms with E-state index in [0.717, 1.165) is 36.1 Å². The number of imide groups is 1. The van der Waals surface area contributed by atoms with Crippen LogP contribution in [-0.2, 0) is 20.9 Å². The van der Waals surface area contributed by atoms with E-state index in [1.54, 1.807) is 12.1 Å². The van der Waals surface area contributed by atoms with Crippen LogP contribution in [0, 0.1) is 11.2 Å². The summed E-state index contributed by atoms with van der Waals surface area (Å²) < 4.78 is 12.8. The van der Waals surface area contributed by atoms with E-state index in [1.165, 1.54) is 12.1 Å². The van der Waals surface area contributed by atoms with Gasteiger partial charge in [-0.2, -0.15) is 0 Å². The molecule has 2 aliphatic rings. The lowest BCUT2D eigenvalue weighted by Gasteiger charge is -2.20. The Morgan fingerprint density at radius 3 is 2.48 bits per heavy atom. The Morgan fingerprint density at radius 2 is 1.83 bits per heavy atom. The number of nitrogens with one attached hydrogen (secondary N) is 1. The van der Waals surface area contributed by atoms with Crippen molar-refractivity contribution in [1.82, 2.24) is 10.2 Å². The molecule has 1 heterocycles. The standard InChI is InChI=1S/C17H19FN2O3/c18-13-5-3-12(4-6-13)10-19-14(21)11-20-15(22)9-17(16(20)23)7-1-2-8-17/h3-6H,1-2,7-11H2,(H,19,21). The highest BCUT2D eigenvalue weighted by Gasteiger charge is 2.52. The maximum absolute atomic E-state index is 12.8. The number of hydrogen-bond acceptors (Lipinski definition) is 3. The molecular weight excluding hydrogens is 299 g/mol. The van der Waals surface area contributed by atoms with Crippen LogP contribution in [0.3, 0.4) is 0 Å². The number of benzene rings is 1. The third kappa shape index (κ3) is 3.11. The van der Waals surface area contributed by atoms with E-state index in [4.69, 9.17) is 0 Å². The zero-order valence-electron chi connectivity index (χ0n) is 12.8. The summed E-state index contributed by atoms with van der Waals surface area (Å²) in [5.41, 5.74) is 0.208. The molecule has 1 N–H and O–H groups in total. The Morgan fingerprint density at radius 1 is 1.17 bits per heavy atom. The quantitative estimate of drug-likeness (QED) is 0.860. The number of hydrogen-bond donors (Lipinski definition) is 1. The van der Waals surface area contributed by atoms with E-state index in [-0.39, 0.29) is 43.0 Å². The van der Waals surface area contributed by atoms with Crippen LogP contribution in [0.2, 0.25) is 0 Å². The van der Waals surface area contributed by atoms with Crippen LogP contribution in [0.5, 0.6) is 0 Å². The SMILES string of the molecule is O=C(CN1C(=O)CC2(CCCC2)C1=O)NCc1ccc(F)cc1. The Kier molecular flexibility index (Phi) is 4.15. The Labute approximate surface area is 133 Å². The number of nitrogens with zero attached hydrogens (tertiary/aromatic N) is 1. The van der Waals surface area contributed by atoms with Crippen LogP contribution in [0.1, 0.15) is 37.7 Å². The van der Waals surface area contributed by atoms with Crippen molar-refractivity contribution in [2.24, 2.45) is 5.41 Å². The third-order valence-electron chi connectivity index (χ3n) is 4.75. The molecule has 122 valence electrons. The lowest BCUT2D eigenvalue weighted by atomic mass is 9.84. The molecule has 0 bridgehead atoms. The fraction of sp³-hybridized carbons (Fsp3) is 0.471. The number of amides is 3. The van der Waals surface area contributed by atoms with Crippen molar-refractivity contribution in [1.29, 1.82) is 0 Å². The number of carbonyl (C=O) groups excluding carboxylic acids is 3. The number of rotatable bonds is 4. The molecule has 0 atom stereocenters. The second-order valence-corrected chi connectivity index (χ2v) is 6.35. The van der Waals surface area contributed by atoms with E-state index < -0.39 is 5.41 Å². The van der Waals surface area contributed by atoms with Crippen molar-refractivity contribution in [2.75, 3.05) is 6.54 Å². The van der Waals surface area contributed by atoms with Crippen LogP contribution < -0.4 is 5.32 Å². The van der Waals surface area contributed by atoms with Gasteiger partial charge in [-0.3, -0.25) is 19.3 Å². The molecule has 3 rings (SSSR count). The molecule has 6 heteroatoms. The van der Waals surface area contributed by atoms with Gasteiger partial charge >= 0.3 is 0 Å². The average Bonchev–Trinajstić information content (AvgIpc) is 3.08. The van der Waals surface area contributed by atoms with Crippen LogP contribution in [-0.4, -0.2) is 29.2 Å². The molecule has 0 unspecified atom stereocenters. The van der Waals surface area contributed by atoms with Crippen molar-refractivity contribution in [3.05, 3.63) is 35.6 Å². The fourth-order valence-electron chi connectivity index (χ4n) is 3.46. The first-order chi connectivity index (χ1) is 11.0. The zero-order valence-corrected chi connectivity index (χ0v) is 12.8. The second-order valence-electron chi connectivity index (χ2n) is 6.35. The summed E-state index contributed by atoms with van der Waals surface area (Å²) >= 11 is 0. The molecule has 3 amide bonds. The molecule has 1 saturated heterocycles. The smallest absolute Gasteiger partial charge is 0.240 e. The van der Waals surface area contributed by atoms with E-state index in [9.17, 15) is 18.8 Å². The average molecular weight is 318 g/mol. The molecule has 5 nitrogen and oxygen atoms in total. The van der Waals surface area contributed by atoms with E-state index in [0.29, 0.717) is 0 Å². The number of halogens is 1. The molecule has 1 aliphatic heterocycles. The maximum Gasteiger partial charge on any atom is 0.240 e.